The van der Waals surface area contributed by atoms with Crippen molar-refractivity contribution in [1.82, 2.24) is 9.88 Å². The molecule has 148 valence electrons. The Kier molecular flexibility index (Phi) is 5.12. The van der Waals surface area contributed by atoms with Crippen molar-refractivity contribution in [3.63, 3.8) is 0 Å². The maximum absolute atomic E-state index is 14.1. The molecule has 0 bridgehead atoms. The van der Waals surface area contributed by atoms with Crippen LogP contribution in [0.2, 0.25) is 0 Å². The van der Waals surface area contributed by atoms with E-state index in [0.29, 0.717) is 55.1 Å². The number of aliphatic hydroxyl groups excluding tert-OH is 1. The predicted octanol–water partition coefficient (Wildman–Crippen LogP) is 2.41. The molecule has 7 heteroatoms. The number of aliphatic hydroxyl groups is 1. The van der Waals surface area contributed by atoms with Crippen LogP contribution >= 0.6 is 0 Å². The van der Waals surface area contributed by atoms with Crippen LogP contribution in [0, 0.1) is 18.6 Å². The van der Waals surface area contributed by atoms with Crippen molar-refractivity contribution in [2.45, 2.75) is 38.3 Å². The summed E-state index contributed by atoms with van der Waals surface area (Å²) in [7, 11) is 0. The van der Waals surface area contributed by atoms with Crippen LogP contribution in [-0.2, 0) is 17.6 Å². The molecule has 4 rings (SSSR count). The maximum atomic E-state index is 14.1. The summed E-state index contributed by atoms with van der Waals surface area (Å²) in [5.41, 5.74) is 2.76. The van der Waals surface area contributed by atoms with Crippen LogP contribution < -0.4 is 0 Å². The summed E-state index contributed by atoms with van der Waals surface area (Å²) in [6.45, 7) is 3.08. The lowest BCUT2D eigenvalue weighted by Gasteiger charge is -2.39. The fourth-order valence-electron chi connectivity index (χ4n) is 3.95. The molecular weight excluding hydrogens is 366 g/mol. The number of nitrogens with zero attached hydrogens (tertiary/aromatic N) is 2. The molecule has 0 spiro atoms. The van der Waals surface area contributed by atoms with E-state index in [9.17, 15) is 18.7 Å². The second-order valence-electron chi connectivity index (χ2n) is 7.36. The number of carbonyl (C=O) groups excluding carboxylic acids is 1. The van der Waals surface area contributed by atoms with Crippen LogP contribution in [-0.4, -0.2) is 52.8 Å². The molecule has 0 aliphatic carbocycles. The Hall–Kier alpha value is -2.38. The smallest absolute Gasteiger partial charge is 0.256 e. The number of aromatic nitrogens is 1. The average Bonchev–Trinajstić information content (AvgIpc) is 2.68. The molecule has 0 saturated carbocycles. The van der Waals surface area contributed by atoms with Gasteiger partial charge in [-0.15, -0.1) is 0 Å². The number of hydrogen-bond acceptors (Lipinski definition) is 4. The summed E-state index contributed by atoms with van der Waals surface area (Å²) in [6.07, 6.45) is 0.619. The third-order valence-corrected chi connectivity index (χ3v) is 5.58. The lowest BCUT2D eigenvalue weighted by molar-refractivity contribution is -0.0537. The van der Waals surface area contributed by atoms with Gasteiger partial charge in [0.25, 0.3) is 5.91 Å². The van der Waals surface area contributed by atoms with Crippen molar-refractivity contribution in [2.75, 3.05) is 19.8 Å². The quantitative estimate of drug-likeness (QED) is 0.877. The zero-order valence-corrected chi connectivity index (χ0v) is 15.6. The Labute approximate surface area is 162 Å². The molecule has 1 aromatic heterocycles. The van der Waals surface area contributed by atoms with Gasteiger partial charge in [0, 0.05) is 31.7 Å². The number of hydrogen-bond donors (Lipinski definition) is 1. The van der Waals surface area contributed by atoms with Gasteiger partial charge in [0.2, 0.25) is 0 Å². The van der Waals surface area contributed by atoms with Crippen molar-refractivity contribution in [3.05, 3.63) is 64.0 Å². The van der Waals surface area contributed by atoms with Crippen LogP contribution in [0.1, 0.15) is 39.3 Å². The Balaban J connectivity index is 1.65. The average molecular weight is 388 g/mol. The van der Waals surface area contributed by atoms with Crippen molar-refractivity contribution in [2.24, 2.45) is 0 Å². The minimum Gasteiger partial charge on any atom is -0.391 e. The molecule has 2 unspecified atom stereocenters. The number of aryl methyl sites for hydroxylation is 1. The van der Waals surface area contributed by atoms with Gasteiger partial charge < -0.3 is 14.7 Å². The van der Waals surface area contributed by atoms with Crippen LogP contribution in [0.25, 0.3) is 0 Å². The predicted molar refractivity (Wildman–Crippen MR) is 98.1 cm³/mol. The van der Waals surface area contributed by atoms with Crippen molar-refractivity contribution in [1.29, 1.82) is 0 Å². The topological polar surface area (TPSA) is 62.7 Å². The Morgan fingerprint density at radius 3 is 2.93 bits per heavy atom. The van der Waals surface area contributed by atoms with Gasteiger partial charge in [-0.25, -0.2) is 8.78 Å². The molecule has 1 fully saturated rings. The van der Waals surface area contributed by atoms with E-state index in [0.717, 1.165) is 6.07 Å². The highest BCUT2D eigenvalue weighted by Gasteiger charge is 2.36. The van der Waals surface area contributed by atoms with Crippen molar-refractivity contribution >= 4 is 5.91 Å². The summed E-state index contributed by atoms with van der Waals surface area (Å²) >= 11 is 0. The highest BCUT2D eigenvalue weighted by molar-refractivity contribution is 5.96. The first-order chi connectivity index (χ1) is 13.5. The van der Waals surface area contributed by atoms with E-state index in [-0.39, 0.29) is 23.9 Å². The molecule has 1 N–H and O–H groups in total. The molecule has 2 aromatic rings. The standard InChI is InChI=1S/C21H22F2N2O3/c1-12-14(9-13-3-2-4-16(22)20(13)23)10-15-17(24-12)5-7-25(21(15)27)18-11-28-8-6-19(18)26/h2-4,10,18-19,26H,5-9,11H2,1H3. The van der Waals surface area contributed by atoms with Crippen LogP contribution in [0.5, 0.6) is 0 Å². The van der Waals surface area contributed by atoms with Crippen LogP contribution in [0.15, 0.2) is 24.3 Å². The molecule has 2 aliphatic rings. The highest BCUT2D eigenvalue weighted by atomic mass is 19.2. The normalized spacial score (nSPS) is 22.3. The van der Waals surface area contributed by atoms with E-state index < -0.39 is 17.7 Å². The lowest BCUT2D eigenvalue weighted by Crippen LogP contribution is -2.54. The molecular formula is C21H22F2N2O3. The number of fused-ring (bicyclic) bond motifs is 1. The number of carbonyl (C=O) groups is 1. The molecule has 2 atom stereocenters. The summed E-state index contributed by atoms with van der Waals surface area (Å²) in [5.74, 6) is -1.98. The van der Waals surface area contributed by atoms with Gasteiger partial charge in [-0.3, -0.25) is 9.78 Å². The van der Waals surface area contributed by atoms with E-state index in [4.69, 9.17) is 4.74 Å². The third kappa shape index (κ3) is 3.40. The van der Waals surface area contributed by atoms with E-state index in [1.807, 2.05) is 6.92 Å². The maximum Gasteiger partial charge on any atom is 0.256 e. The minimum absolute atomic E-state index is 0.151. The number of amides is 1. The first-order valence-electron chi connectivity index (χ1n) is 9.44. The highest BCUT2D eigenvalue weighted by Crippen LogP contribution is 2.26. The summed E-state index contributed by atoms with van der Waals surface area (Å²) in [5, 5.41) is 10.3. The number of halogens is 2. The number of benzene rings is 1. The monoisotopic (exact) mass is 388 g/mol. The van der Waals surface area contributed by atoms with Gasteiger partial charge in [-0.2, -0.15) is 0 Å². The molecule has 2 aliphatic heterocycles. The van der Waals surface area contributed by atoms with Gasteiger partial charge >= 0.3 is 0 Å². The van der Waals surface area contributed by atoms with Gasteiger partial charge in [0.1, 0.15) is 0 Å². The van der Waals surface area contributed by atoms with E-state index >= 15 is 0 Å². The van der Waals surface area contributed by atoms with Crippen LogP contribution in [0.3, 0.4) is 0 Å². The zero-order valence-electron chi connectivity index (χ0n) is 15.6. The second kappa shape index (κ2) is 7.56. The largest absolute Gasteiger partial charge is 0.391 e. The summed E-state index contributed by atoms with van der Waals surface area (Å²) in [6, 6.07) is 5.43. The first-order valence-corrected chi connectivity index (χ1v) is 9.44. The SMILES string of the molecule is Cc1nc2c(cc1Cc1cccc(F)c1F)C(=O)N(C1COCCC1O)CC2. The Bertz CT molecular complexity index is 919. The summed E-state index contributed by atoms with van der Waals surface area (Å²) in [4.78, 5) is 19.3. The van der Waals surface area contributed by atoms with E-state index in [1.54, 1.807) is 11.0 Å². The van der Waals surface area contributed by atoms with Gasteiger partial charge in [0.15, 0.2) is 11.6 Å². The number of ether oxygens (including phenoxy) is 1. The number of rotatable bonds is 3. The molecule has 28 heavy (non-hydrogen) atoms. The zero-order chi connectivity index (χ0) is 19.8. The number of pyridine rings is 1. The lowest BCUT2D eigenvalue weighted by atomic mass is 9.95. The van der Waals surface area contributed by atoms with Crippen molar-refractivity contribution in [3.8, 4) is 0 Å². The second-order valence-corrected chi connectivity index (χ2v) is 7.36. The minimum atomic E-state index is -0.894. The molecule has 1 saturated heterocycles. The molecule has 5 nitrogen and oxygen atoms in total. The molecule has 1 aromatic carbocycles. The van der Waals surface area contributed by atoms with Gasteiger partial charge in [-0.1, -0.05) is 12.1 Å². The Morgan fingerprint density at radius 2 is 2.14 bits per heavy atom. The summed E-state index contributed by atoms with van der Waals surface area (Å²) < 4.78 is 33.0. The van der Waals surface area contributed by atoms with Gasteiger partial charge in [0.05, 0.1) is 30.0 Å². The van der Waals surface area contributed by atoms with E-state index in [1.165, 1.54) is 12.1 Å². The first kappa shape index (κ1) is 19.0. The molecule has 3 heterocycles. The molecule has 0 radical (unpaired) electrons. The Morgan fingerprint density at radius 1 is 1.32 bits per heavy atom. The third-order valence-electron chi connectivity index (χ3n) is 5.58. The van der Waals surface area contributed by atoms with Crippen LogP contribution in [0.4, 0.5) is 8.78 Å². The van der Waals surface area contributed by atoms with Gasteiger partial charge in [-0.05, 0) is 36.6 Å². The van der Waals surface area contributed by atoms with Crippen molar-refractivity contribution < 1.29 is 23.4 Å². The fourth-order valence-corrected chi connectivity index (χ4v) is 3.95. The fraction of sp³-hybridized carbons (Fsp3) is 0.429. The van der Waals surface area contributed by atoms with E-state index in [2.05, 4.69) is 4.98 Å². The molecule has 1 amide bonds.